The van der Waals surface area contributed by atoms with Gasteiger partial charge in [-0.05, 0) is 49.8 Å². The molecule has 0 aliphatic heterocycles. The maximum Gasteiger partial charge on any atom is 0.238 e. The summed E-state index contributed by atoms with van der Waals surface area (Å²) in [6, 6.07) is 1.84. The third-order valence-corrected chi connectivity index (χ3v) is 6.06. The van der Waals surface area contributed by atoms with Crippen LogP contribution in [0.3, 0.4) is 0 Å². The molecule has 5 N–H and O–H groups in total. The molecule has 10 heteroatoms. The predicted molar refractivity (Wildman–Crippen MR) is 125 cm³/mol. The molecule has 1 saturated carbocycles. The minimum absolute atomic E-state index is 0.00251. The van der Waals surface area contributed by atoms with E-state index in [1.54, 1.807) is 0 Å². The van der Waals surface area contributed by atoms with E-state index in [4.69, 9.17) is 15.0 Å². The topological polar surface area (TPSA) is 106 Å². The van der Waals surface area contributed by atoms with Gasteiger partial charge >= 0.3 is 0 Å². The molecule has 1 aromatic rings. The van der Waals surface area contributed by atoms with Crippen LogP contribution < -0.4 is 16.4 Å². The highest BCUT2D eigenvalue weighted by Gasteiger charge is 2.28. The van der Waals surface area contributed by atoms with E-state index >= 15 is 0 Å². The Morgan fingerprint density at radius 3 is 2.42 bits per heavy atom. The zero-order chi connectivity index (χ0) is 24.2. The molecule has 3 atom stereocenters. The van der Waals surface area contributed by atoms with Gasteiger partial charge in [0.25, 0.3) is 0 Å². The Kier molecular flexibility index (Phi) is 12.6. The maximum absolute atomic E-state index is 13.6. The molecule has 2 rings (SSSR count). The van der Waals surface area contributed by atoms with Crippen molar-refractivity contribution in [1.82, 2.24) is 10.6 Å². The molecule has 1 amide bonds. The summed E-state index contributed by atoms with van der Waals surface area (Å²) < 4.78 is 32.4. The molecule has 1 fully saturated rings. The van der Waals surface area contributed by atoms with E-state index in [1.165, 1.54) is 12.1 Å². The molecule has 1 aliphatic carbocycles. The van der Waals surface area contributed by atoms with E-state index in [0.717, 1.165) is 56.6 Å². The van der Waals surface area contributed by atoms with Gasteiger partial charge in [0, 0.05) is 36.4 Å². The number of carbonyl (C=O) groups excluding carboxylic acids is 1. The fraction of sp³-hybridized carbons (Fsp3) is 0.696. The van der Waals surface area contributed by atoms with E-state index in [0.29, 0.717) is 11.6 Å². The number of carbonyl (C=O) groups is 1. The SMILES string of the molecule is CCCC(CCC)OOSC[C@@H](N)C(=O)N[C@@H](Cc1cc(F)cc(F)c1)[C@H](O)CNC1CC1. The lowest BCUT2D eigenvalue weighted by molar-refractivity contribution is -0.234. The summed E-state index contributed by atoms with van der Waals surface area (Å²) in [5.74, 6) is -1.77. The van der Waals surface area contributed by atoms with Gasteiger partial charge in [0.05, 0.1) is 24.3 Å². The number of rotatable bonds is 17. The Morgan fingerprint density at radius 2 is 1.85 bits per heavy atom. The molecular weight excluding hydrogens is 452 g/mol. The Morgan fingerprint density at radius 1 is 1.21 bits per heavy atom. The number of nitrogens with two attached hydrogens (primary N) is 1. The maximum atomic E-state index is 13.6. The van der Waals surface area contributed by atoms with Gasteiger partial charge in [-0.2, -0.15) is 4.33 Å². The molecular formula is C23H37F2N3O4S. The van der Waals surface area contributed by atoms with Crippen LogP contribution >= 0.6 is 12.0 Å². The number of halogens is 2. The molecule has 0 bridgehead atoms. The van der Waals surface area contributed by atoms with Gasteiger partial charge in [0.2, 0.25) is 5.91 Å². The second kappa shape index (κ2) is 14.9. The van der Waals surface area contributed by atoms with Crippen molar-refractivity contribution in [2.75, 3.05) is 12.3 Å². The first-order chi connectivity index (χ1) is 15.8. The summed E-state index contributed by atoms with van der Waals surface area (Å²) >= 11 is 0.953. The normalized spacial score (nSPS) is 16.6. The first-order valence-electron chi connectivity index (χ1n) is 11.7. The second-order valence-electron chi connectivity index (χ2n) is 8.60. The molecule has 0 spiro atoms. The lowest BCUT2D eigenvalue weighted by Crippen LogP contribution is -2.53. The fourth-order valence-electron chi connectivity index (χ4n) is 3.42. The summed E-state index contributed by atoms with van der Waals surface area (Å²) in [6.07, 6.45) is 4.92. The Labute approximate surface area is 199 Å². The monoisotopic (exact) mass is 489 g/mol. The average Bonchev–Trinajstić information content (AvgIpc) is 3.58. The minimum Gasteiger partial charge on any atom is -0.390 e. The van der Waals surface area contributed by atoms with E-state index in [9.17, 15) is 18.7 Å². The highest BCUT2D eigenvalue weighted by molar-refractivity contribution is 7.94. The van der Waals surface area contributed by atoms with Crippen molar-refractivity contribution in [3.8, 4) is 0 Å². The molecule has 0 saturated heterocycles. The lowest BCUT2D eigenvalue weighted by atomic mass is 10.00. The summed E-state index contributed by atoms with van der Waals surface area (Å²) in [4.78, 5) is 18.0. The van der Waals surface area contributed by atoms with E-state index in [2.05, 4.69) is 24.5 Å². The van der Waals surface area contributed by atoms with Crippen molar-refractivity contribution in [2.45, 2.75) is 89.1 Å². The Balaban J connectivity index is 1.87. The smallest absolute Gasteiger partial charge is 0.238 e. The zero-order valence-electron chi connectivity index (χ0n) is 19.4. The van der Waals surface area contributed by atoms with Gasteiger partial charge in [-0.25, -0.2) is 13.7 Å². The number of hydrogen-bond donors (Lipinski definition) is 4. The molecule has 0 radical (unpaired) electrons. The van der Waals surface area contributed by atoms with Gasteiger partial charge < -0.3 is 21.5 Å². The standard InChI is InChI=1S/C23H37F2N3O4S/c1-3-5-19(6-4-2)31-32-33-14-20(26)23(30)28-21(22(29)13-27-18-7-8-18)11-15-9-16(24)12-17(25)10-15/h9-10,12,18-22,27,29H,3-8,11,13-14,26H2,1-2H3,(H,28,30)/t20-,21+,22-/m1/s1. The molecule has 1 aromatic carbocycles. The highest BCUT2D eigenvalue weighted by atomic mass is 32.2. The van der Waals surface area contributed by atoms with Crippen molar-refractivity contribution >= 4 is 17.9 Å². The van der Waals surface area contributed by atoms with Crippen molar-refractivity contribution in [1.29, 1.82) is 0 Å². The third-order valence-electron chi connectivity index (χ3n) is 5.39. The van der Waals surface area contributed by atoms with E-state index in [-0.39, 0.29) is 24.8 Å². The summed E-state index contributed by atoms with van der Waals surface area (Å²) in [6.45, 7) is 4.40. The Hall–Kier alpha value is -1.30. The van der Waals surface area contributed by atoms with Gasteiger partial charge in [0.1, 0.15) is 11.6 Å². The molecule has 188 valence electrons. The number of aliphatic hydroxyl groups is 1. The van der Waals surface area contributed by atoms with Crippen LogP contribution in [0.1, 0.15) is 57.9 Å². The first kappa shape index (κ1) is 27.9. The van der Waals surface area contributed by atoms with Gasteiger partial charge in [-0.15, -0.1) is 0 Å². The van der Waals surface area contributed by atoms with Crippen molar-refractivity contribution in [2.24, 2.45) is 5.73 Å². The largest absolute Gasteiger partial charge is 0.390 e. The third kappa shape index (κ3) is 11.1. The fourth-order valence-corrected chi connectivity index (χ4v) is 3.94. The predicted octanol–water partition coefficient (Wildman–Crippen LogP) is 3.00. The van der Waals surface area contributed by atoms with Crippen LogP contribution in [0.15, 0.2) is 18.2 Å². The van der Waals surface area contributed by atoms with Crippen LogP contribution in [-0.4, -0.2) is 53.6 Å². The molecule has 33 heavy (non-hydrogen) atoms. The summed E-state index contributed by atoms with van der Waals surface area (Å²) in [7, 11) is 0. The van der Waals surface area contributed by atoms with Crippen LogP contribution in [0.4, 0.5) is 8.78 Å². The molecule has 7 nitrogen and oxygen atoms in total. The first-order valence-corrected chi connectivity index (χ1v) is 12.6. The molecule has 0 aromatic heterocycles. The van der Waals surface area contributed by atoms with Crippen LogP contribution in [0.25, 0.3) is 0 Å². The summed E-state index contributed by atoms with van der Waals surface area (Å²) in [5, 5.41) is 16.6. The number of nitrogens with one attached hydrogen (secondary N) is 2. The minimum atomic E-state index is -0.954. The quantitative estimate of drug-likeness (QED) is 0.115. The van der Waals surface area contributed by atoms with Crippen LogP contribution in [-0.2, 0) is 20.4 Å². The van der Waals surface area contributed by atoms with Gasteiger partial charge in [-0.3, -0.25) is 4.79 Å². The van der Waals surface area contributed by atoms with Crippen molar-refractivity contribution in [3.05, 3.63) is 35.4 Å². The summed E-state index contributed by atoms with van der Waals surface area (Å²) in [5.41, 5.74) is 6.32. The van der Waals surface area contributed by atoms with Gasteiger partial charge in [0.15, 0.2) is 0 Å². The van der Waals surface area contributed by atoms with E-state index < -0.39 is 35.7 Å². The van der Waals surface area contributed by atoms with E-state index in [1.807, 2.05) is 0 Å². The van der Waals surface area contributed by atoms with Crippen LogP contribution in [0.2, 0.25) is 0 Å². The molecule has 1 aliphatic rings. The van der Waals surface area contributed by atoms with Crippen molar-refractivity contribution < 1.29 is 27.9 Å². The number of hydrogen-bond acceptors (Lipinski definition) is 7. The highest BCUT2D eigenvalue weighted by Crippen LogP contribution is 2.19. The lowest BCUT2D eigenvalue weighted by Gasteiger charge is -2.26. The average molecular weight is 490 g/mol. The molecule has 0 unspecified atom stereocenters. The van der Waals surface area contributed by atoms with Crippen LogP contribution in [0.5, 0.6) is 0 Å². The molecule has 0 heterocycles. The number of benzene rings is 1. The van der Waals surface area contributed by atoms with Gasteiger partial charge in [-0.1, -0.05) is 26.7 Å². The number of aliphatic hydroxyl groups excluding tert-OH is 1. The number of amides is 1. The second-order valence-corrected chi connectivity index (χ2v) is 9.31. The zero-order valence-corrected chi connectivity index (χ0v) is 20.2. The van der Waals surface area contributed by atoms with Crippen LogP contribution in [0, 0.1) is 11.6 Å². The van der Waals surface area contributed by atoms with Crippen molar-refractivity contribution in [3.63, 3.8) is 0 Å². The Bertz CT molecular complexity index is 701.